The van der Waals surface area contributed by atoms with Crippen LogP contribution in [-0.2, 0) is 16.0 Å². The van der Waals surface area contributed by atoms with E-state index in [0.717, 1.165) is 43.0 Å². The van der Waals surface area contributed by atoms with E-state index in [1.807, 2.05) is 28.8 Å². The predicted molar refractivity (Wildman–Crippen MR) is 133 cm³/mol. The van der Waals surface area contributed by atoms with Crippen molar-refractivity contribution in [1.29, 1.82) is 0 Å². The van der Waals surface area contributed by atoms with E-state index in [1.165, 1.54) is 17.0 Å². The van der Waals surface area contributed by atoms with Crippen molar-refractivity contribution in [3.63, 3.8) is 0 Å². The van der Waals surface area contributed by atoms with Crippen molar-refractivity contribution in [2.45, 2.75) is 25.4 Å². The molecule has 5 rings (SSSR count). The normalized spacial score (nSPS) is 19.7. The third kappa shape index (κ3) is 5.11. The number of carbonyl (C=O) groups excluding carboxylic acids is 4. The maximum atomic E-state index is 12.9. The van der Waals surface area contributed by atoms with Gasteiger partial charge in [0.1, 0.15) is 0 Å². The number of amides is 4. The minimum atomic E-state index is -0.392. The fourth-order valence-electron chi connectivity index (χ4n) is 4.60. The predicted octanol–water partition coefficient (Wildman–Crippen LogP) is 2.83. The first kappa shape index (κ1) is 23.6. The molecule has 2 fully saturated rings. The van der Waals surface area contributed by atoms with Crippen molar-refractivity contribution >= 4 is 41.1 Å². The molecule has 35 heavy (non-hydrogen) atoms. The summed E-state index contributed by atoms with van der Waals surface area (Å²) in [5, 5.41) is 2.82. The van der Waals surface area contributed by atoms with E-state index in [4.69, 9.17) is 4.74 Å². The number of hydrogen-bond acceptors (Lipinski definition) is 6. The average molecular weight is 494 g/mol. The monoisotopic (exact) mass is 493 g/mol. The molecule has 3 heterocycles. The third-order valence-electron chi connectivity index (χ3n) is 6.57. The fourth-order valence-corrected chi connectivity index (χ4v) is 5.50. The molecule has 0 saturated carbocycles. The van der Waals surface area contributed by atoms with Crippen LogP contribution in [0.1, 0.15) is 49.5 Å². The van der Waals surface area contributed by atoms with Crippen molar-refractivity contribution in [3.8, 4) is 0 Å². The van der Waals surface area contributed by atoms with Gasteiger partial charge in [0, 0.05) is 42.5 Å². The van der Waals surface area contributed by atoms with Gasteiger partial charge >= 0.3 is 0 Å². The Balaban J connectivity index is 1.21. The minimum absolute atomic E-state index is 0.118. The van der Waals surface area contributed by atoms with Crippen molar-refractivity contribution in [3.05, 3.63) is 64.7 Å². The van der Waals surface area contributed by atoms with Crippen LogP contribution in [0, 0.1) is 0 Å². The van der Waals surface area contributed by atoms with Gasteiger partial charge in [0.15, 0.2) is 0 Å². The molecule has 0 aliphatic carbocycles. The van der Waals surface area contributed by atoms with Crippen LogP contribution in [0.5, 0.6) is 0 Å². The standard InChI is InChI=1S/C26H27N3O5S/c30-23(28-9-12-35-13-10-28)14-17-3-6-19(7-4-17)27-24(31)18-5-8-21-22(15-18)26(33)29(25(21)32)16-20-2-1-11-34-20/h3-8,15,20H,1-2,9-14,16H2,(H,27,31). The second kappa shape index (κ2) is 10.2. The highest BCUT2D eigenvalue weighted by Gasteiger charge is 2.38. The summed E-state index contributed by atoms with van der Waals surface area (Å²) >= 11 is 1.86. The number of nitrogens with one attached hydrogen (secondary N) is 1. The van der Waals surface area contributed by atoms with Crippen molar-refractivity contribution < 1.29 is 23.9 Å². The summed E-state index contributed by atoms with van der Waals surface area (Å²) in [5.41, 5.74) is 2.32. The summed E-state index contributed by atoms with van der Waals surface area (Å²) in [6, 6.07) is 11.8. The molecule has 3 aliphatic rings. The van der Waals surface area contributed by atoms with Crippen LogP contribution in [-0.4, -0.2) is 77.3 Å². The van der Waals surface area contributed by atoms with E-state index in [-0.39, 0.29) is 35.9 Å². The molecular weight excluding hydrogens is 466 g/mol. The number of benzene rings is 2. The Morgan fingerprint density at radius 1 is 1.00 bits per heavy atom. The number of thioether (sulfide) groups is 1. The Bertz CT molecular complexity index is 1150. The zero-order valence-electron chi connectivity index (χ0n) is 19.3. The molecule has 182 valence electrons. The average Bonchev–Trinajstić information content (AvgIpc) is 3.48. The number of anilines is 1. The molecule has 2 aromatic rings. The van der Waals surface area contributed by atoms with Crippen LogP contribution < -0.4 is 5.32 Å². The second-order valence-corrected chi connectivity index (χ2v) is 10.2. The lowest BCUT2D eigenvalue weighted by molar-refractivity contribution is -0.130. The van der Waals surface area contributed by atoms with Crippen LogP contribution in [0.4, 0.5) is 5.69 Å². The van der Waals surface area contributed by atoms with Gasteiger partial charge in [-0.1, -0.05) is 12.1 Å². The Kier molecular flexibility index (Phi) is 6.88. The van der Waals surface area contributed by atoms with Crippen LogP contribution in [0.15, 0.2) is 42.5 Å². The number of carbonyl (C=O) groups is 4. The highest BCUT2D eigenvalue weighted by Crippen LogP contribution is 2.26. The molecule has 8 nitrogen and oxygen atoms in total. The molecule has 1 unspecified atom stereocenters. The molecule has 4 amide bonds. The lowest BCUT2D eigenvalue weighted by Crippen LogP contribution is -2.38. The number of fused-ring (bicyclic) bond motifs is 1. The number of hydrogen-bond donors (Lipinski definition) is 1. The molecular formula is C26H27N3O5S. The molecule has 2 aromatic carbocycles. The first-order valence-corrected chi connectivity index (χ1v) is 13.0. The summed E-state index contributed by atoms with van der Waals surface area (Å²) in [6.07, 6.45) is 1.96. The number of ether oxygens (including phenoxy) is 1. The van der Waals surface area contributed by atoms with Gasteiger partial charge in [-0.2, -0.15) is 11.8 Å². The molecule has 0 aromatic heterocycles. The Labute approximate surface area is 208 Å². The smallest absolute Gasteiger partial charge is 0.261 e. The molecule has 0 radical (unpaired) electrons. The number of rotatable bonds is 6. The van der Waals surface area contributed by atoms with Crippen LogP contribution >= 0.6 is 11.8 Å². The van der Waals surface area contributed by atoms with Crippen LogP contribution in [0.3, 0.4) is 0 Å². The van der Waals surface area contributed by atoms with Gasteiger partial charge in [-0.3, -0.25) is 24.1 Å². The van der Waals surface area contributed by atoms with E-state index in [2.05, 4.69) is 5.32 Å². The van der Waals surface area contributed by atoms with E-state index in [1.54, 1.807) is 18.2 Å². The molecule has 2 saturated heterocycles. The Morgan fingerprint density at radius 2 is 1.74 bits per heavy atom. The van der Waals surface area contributed by atoms with Gasteiger partial charge in [-0.05, 0) is 48.7 Å². The van der Waals surface area contributed by atoms with Gasteiger partial charge in [-0.25, -0.2) is 0 Å². The van der Waals surface area contributed by atoms with Gasteiger partial charge in [0.25, 0.3) is 17.7 Å². The summed E-state index contributed by atoms with van der Waals surface area (Å²) in [4.78, 5) is 54.0. The highest BCUT2D eigenvalue weighted by molar-refractivity contribution is 7.99. The topological polar surface area (TPSA) is 96.0 Å². The van der Waals surface area contributed by atoms with E-state index < -0.39 is 5.91 Å². The summed E-state index contributed by atoms with van der Waals surface area (Å²) in [6.45, 7) is 2.46. The number of nitrogens with zero attached hydrogens (tertiary/aromatic N) is 2. The molecule has 0 spiro atoms. The Hall–Kier alpha value is -3.17. The molecule has 0 bridgehead atoms. The third-order valence-corrected chi connectivity index (χ3v) is 7.52. The quantitative estimate of drug-likeness (QED) is 0.622. The van der Waals surface area contributed by atoms with Crippen molar-refractivity contribution in [2.75, 3.05) is 43.1 Å². The zero-order valence-corrected chi connectivity index (χ0v) is 20.1. The van der Waals surface area contributed by atoms with E-state index >= 15 is 0 Å². The molecule has 1 N–H and O–H groups in total. The van der Waals surface area contributed by atoms with Crippen molar-refractivity contribution in [1.82, 2.24) is 9.80 Å². The van der Waals surface area contributed by atoms with Gasteiger partial charge < -0.3 is 15.0 Å². The van der Waals surface area contributed by atoms with Gasteiger partial charge in [0.2, 0.25) is 5.91 Å². The van der Waals surface area contributed by atoms with Gasteiger partial charge in [-0.15, -0.1) is 0 Å². The SMILES string of the molecule is O=C(Nc1ccc(CC(=O)N2CCSCC2)cc1)c1ccc2c(c1)C(=O)N(CC1CCCO1)C2=O. The maximum absolute atomic E-state index is 12.9. The summed E-state index contributed by atoms with van der Waals surface area (Å²) in [7, 11) is 0. The zero-order chi connectivity index (χ0) is 24.4. The highest BCUT2D eigenvalue weighted by atomic mass is 32.2. The largest absolute Gasteiger partial charge is 0.376 e. The first-order chi connectivity index (χ1) is 17.0. The molecule has 9 heteroatoms. The molecule has 1 atom stereocenters. The second-order valence-electron chi connectivity index (χ2n) is 8.94. The van der Waals surface area contributed by atoms with Crippen molar-refractivity contribution in [2.24, 2.45) is 0 Å². The van der Waals surface area contributed by atoms with Crippen LogP contribution in [0.2, 0.25) is 0 Å². The van der Waals surface area contributed by atoms with Gasteiger partial charge in [0.05, 0.1) is 30.2 Å². The molecule has 3 aliphatic heterocycles. The lowest BCUT2D eigenvalue weighted by atomic mass is 10.1. The number of imide groups is 1. The summed E-state index contributed by atoms with van der Waals surface area (Å²) < 4.78 is 5.57. The lowest BCUT2D eigenvalue weighted by Gasteiger charge is -2.26. The van der Waals surface area contributed by atoms with E-state index in [9.17, 15) is 19.2 Å². The van der Waals surface area contributed by atoms with Crippen LogP contribution in [0.25, 0.3) is 0 Å². The first-order valence-electron chi connectivity index (χ1n) is 11.9. The summed E-state index contributed by atoms with van der Waals surface area (Å²) in [5.74, 6) is 0.962. The van der Waals surface area contributed by atoms with E-state index in [0.29, 0.717) is 29.8 Å². The maximum Gasteiger partial charge on any atom is 0.261 e. The fraction of sp³-hybridized carbons (Fsp3) is 0.385. The minimum Gasteiger partial charge on any atom is -0.376 e. The Morgan fingerprint density at radius 3 is 2.46 bits per heavy atom.